The van der Waals surface area contributed by atoms with Crippen molar-refractivity contribution in [3.05, 3.63) is 24.8 Å². The Morgan fingerprint density at radius 1 is 1.36 bits per heavy atom. The lowest BCUT2D eigenvalue weighted by molar-refractivity contribution is 0.343. The topological polar surface area (TPSA) is 0 Å². The standard InChI is InChI=1S/C11H14/c1-2-10-8-3-4-9(7-8)11(10)5-6-11/h2-4,8-10H,1,5-7H2. The Labute approximate surface area is 68.0 Å². The van der Waals surface area contributed by atoms with E-state index in [1.165, 1.54) is 19.3 Å². The number of fused-ring (bicyclic) bond motifs is 3. The largest absolute Gasteiger partial charge is 0.103 e. The number of hydrogen-bond donors (Lipinski definition) is 0. The fourth-order valence-corrected chi connectivity index (χ4v) is 3.35. The lowest BCUT2D eigenvalue weighted by atomic mass is 9.80. The third kappa shape index (κ3) is 0.535. The van der Waals surface area contributed by atoms with Crippen LogP contribution in [0.3, 0.4) is 0 Å². The van der Waals surface area contributed by atoms with Crippen molar-refractivity contribution < 1.29 is 0 Å². The first-order valence-corrected chi connectivity index (χ1v) is 4.68. The lowest BCUT2D eigenvalue weighted by Gasteiger charge is -2.24. The molecule has 1 spiro atoms. The maximum atomic E-state index is 3.96. The number of hydrogen-bond acceptors (Lipinski definition) is 0. The first kappa shape index (κ1) is 6.05. The summed E-state index contributed by atoms with van der Waals surface area (Å²) in [5.74, 6) is 2.62. The van der Waals surface area contributed by atoms with Gasteiger partial charge in [-0.2, -0.15) is 0 Å². The van der Waals surface area contributed by atoms with E-state index >= 15 is 0 Å². The minimum absolute atomic E-state index is 0.723. The highest BCUT2D eigenvalue weighted by atomic mass is 14.6. The molecule has 0 nitrogen and oxygen atoms in total. The molecule has 58 valence electrons. The Kier molecular flexibility index (Phi) is 0.894. The molecule has 3 aliphatic rings. The molecule has 3 atom stereocenters. The molecule has 3 rings (SSSR count). The molecule has 2 saturated carbocycles. The molecule has 0 radical (unpaired) electrons. The van der Waals surface area contributed by atoms with Crippen molar-refractivity contribution in [2.24, 2.45) is 23.2 Å². The first-order valence-electron chi connectivity index (χ1n) is 4.68. The molecule has 0 aromatic heterocycles. The van der Waals surface area contributed by atoms with Gasteiger partial charge in [-0.1, -0.05) is 18.2 Å². The molecule has 0 aromatic rings. The fraction of sp³-hybridized carbons (Fsp3) is 0.636. The Morgan fingerprint density at radius 2 is 2.18 bits per heavy atom. The van der Waals surface area contributed by atoms with Gasteiger partial charge in [0, 0.05) is 0 Å². The van der Waals surface area contributed by atoms with Gasteiger partial charge < -0.3 is 0 Å². The SMILES string of the molecule is C=CC1C2C=CC(C2)C12CC2. The normalized spacial score (nSPS) is 48.5. The van der Waals surface area contributed by atoms with E-state index in [0.29, 0.717) is 0 Å². The van der Waals surface area contributed by atoms with Crippen LogP contribution in [0.2, 0.25) is 0 Å². The molecule has 2 fully saturated rings. The molecule has 3 aliphatic carbocycles. The molecule has 0 amide bonds. The van der Waals surface area contributed by atoms with E-state index in [2.05, 4.69) is 24.8 Å². The van der Waals surface area contributed by atoms with E-state index in [0.717, 1.165) is 23.2 Å². The van der Waals surface area contributed by atoms with Crippen LogP contribution < -0.4 is 0 Å². The number of rotatable bonds is 1. The maximum absolute atomic E-state index is 3.96. The average Bonchev–Trinajstić information content (AvgIpc) is 2.58. The quantitative estimate of drug-likeness (QED) is 0.499. The highest BCUT2D eigenvalue weighted by Crippen LogP contribution is 2.69. The highest BCUT2D eigenvalue weighted by molar-refractivity contribution is 5.26. The number of allylic oxidation sites excluding steroid dienone is 3. The average molecular weight is 146 g/mol. The van der Waals surface area contributed by atoms with Crippen molar-refractivity contribution >= 4 is 0 Å². The molecule has 0 saturated heterocycles. The maximum Gasteiger partial charge on any atom is -0.0111 e. The second-order valence-electron chi connectivity index (χ2n) is 4.39. The van der Waals surface area contributed by atoms with Crippen LogP contribution in [0.4, 0.5) is 0 Å². The predicted molar refractivity (Wildman–Crippen MR) is 46.1 cm³/mol. The first-order chi connectivity index (χ1) is 5.37. The minimum atomic E-state index is 0.723. The molecular weight excluding hydrogens is 132 g/mol. The summed E-state index contributed by atoms with van der Waals surface area (Å²) in [5, 5.41) is 0. The zero-order valence-electron chi connectivity index (χ0n) is 6.79. The third-order valence-corrected chi connectivity index (χ3v) is 4.06. The Bertz CT molecular complexity index is 232. The van der Waals surface area contributed by atoms with Gasteiger partial charge in [-0.25, -0.2) is 0 Å². The lowest BCUT2D eigenvalue weighted by Crippen LogP contribution is -2.18. The zero-order valence-corrected chi connectivity index (χ0v) is 6.79. The van der Waals surface area contributed by atoms with Crippen LogP contribution in [0, 0.1) is 23.2 Å². The molecule has 2 bridgehead atoms. The van der Waals surface area contributed by atoms with Crippen LogP contribution in [-0.2, 0) is 0 Å². The second kappa shape index (κ2) is 1.63. The van der Waals surface area contributed by atoms with E-state index in [1.54, 1.807) is 0 Å². The summed E-state index contributed by atoms with van der Waals surface area (Å²) in [7, 11) is 0. The van der Waals surface area contributed by atoms with Crippen molar-refractivity contribution in [1.82, 2.24) is 0 Å². The van der Waals surface area contributed by atoms with Crippen LogP contribution in [-0.4, -0.2) is 0 Å². The van der Waals surface area contributed by atoms with Gasteiger partial charge in [0.2, 0.25) is 0 Å². The summed E-state index contributed by atoms with van der Waals surface area (Å²) in [6.07, 6.45) is 11.4. The van der Waals surface area contributed by atoms with Crippen molar-refractivity contribution in [3.8, 4) is 0 Å². The summed E-state index contributed by atoms with van der Waals surface area (Å²) in [6.45, 7) is 3.96. The van der Waals surface area contributed by atoms with E-state index in [-0.39, 0.29) is 0 Å². The van der Waals surface area contributed by atoms with Crippen LogP contribution in [0.15, 0.2) is 24.8 Å². The second-order valence-corrected chi connectivity index (χ2v) is 4.39. The monoisotopic (exact) mass is 146 g/mol. The summed E-state index contributed by atoms with van der Waals surface area (Å²) in [6, 6.07) is 0. The molecule has 0 N–H and O–H groups in total. The van der Waals surface area contributed by atoms with Crippen LogP contribution in [0.1, 0.15) is 19.3 Å². The van der Waals surface area contributed by atoms with E-state index in [9.17, 15) is 0 Å². The van der Waals surface area contributed by atoms with Gasteiger partial charge in [-0.15, -0.1) is 6.58 Å². The van der Waals surface area contributed by atoms with Gasteiger partial charge in [0.15, 0.2) is 0 Å². The summed E-state index contributed by atoms with van der Waals surface area (Å²) >= 11 is 0. The zero-order chi connectivity index (χ0) is 7.47. The summed E-state index contributed by atoms with van der Waals surface area (Å²) in [5.41, 5.74) is 0.723. The Balaban J connectivity index is 2.05. The Hall–Kier alpha value is -0.520. The van der Waals surface area contributed by atoms with Gasteiger partial charge in [0.05, 0.1) is 0 Å². The van der Waals surface area contributed by atoms with Crippen LogP contribution in [0.5, 0.6) is 0 Å². The van der Waals surface area contributed by atoms with Gasteiger partial charge in [-0.3, -0.25) is 0 Å². The molecule has 3 unspecified atom stereocenters. The Morgan fingerprint density at radius 3 is 2.73 bits per heavy atom. The van der Waals surface area contributed by atoms with Gasteiger partial charge in [0.25, 0.3) is 0 Å². The fourth-order valence-electron chi connectivity index (χ4n) is 3.35. The highest BCUT2D eigenvalue weighted by Gasteiger charge is 2.61. The van der Waals surface area contributed by atoms with Gasteiger partial charge in [0.1, 0.15) is 0 Å². The molecule has 0 heteroatoms. The molecule has 0 heterocycles. The van der Waals surface area contributed by atoms with E-state index in [1.807, 2.05) is 0 Å². The van der Waals surface area contributed by atoms with Crippen molar-refractivity contribution in [2.75, 3.05) is 0 Å². The van der Waals surface area contributed by atoms with E-state index in [4.69, 9.17) is 0 Å². The molecular formula is C11H14. The predicted octanol–water partition coefficient (Wildman–Crippen LogP) is 2.77. The van der Waals surface area contributed by atoms with Gasteiger partial charge in [-0.05, 0) is 42.4 Å². The van der Waals surface area contributed by atoms with Crippen LogP contribution >= 0.6 is 0 Å². The van der Waals surface area contributed by atoms with E-state index < -0.39 is 0 Å². The molecule has 11 heavy (non-hydrogen) atoms. The molecule has 0 aromatic carbocycles. The summed E-state index contributed by atoms with van der Waals surface area (Å²) in [4.78, 5) is 0. The molecule has 0 aliphatic heterocycles. The minimum Gasteiger partial charge on any atom is -0.103 e. The smallest absolute Gasteiger partial charge is 0.0111 e. The van der Waals surface area contributed by atoms with Gasteiger partial charge >= 0.3 is 0 Å². The van der Waals surface area contributed by atoms with Crippen LogP contribution in [0.25, 0.3) is 0 Å². The summed E-state index contributed by atoms with van der Waals surface area (Å²) < 4.78 is 0. The van der Waals surface area contributed by atoms with Crippen molar-refractivity contribution in [3.63, 3.8) is 0 Å². The van der Waals surface area contributed by atoms with Crippen molar-refractivity contribution in [1.29, 1.82) is 0 Å². The van der Waals surface area contributed by atoms with Crippen molar-refractivity contribution in [2.45, 2.75) is 19.3 Å². The third-order valence-electron chi connectivity index (χ3n) is 4.06.